The minimum absolute atomic E-state index is 0.0341. The highest BCUT2D eigenvalue weighted by Gasteiger charge is 2.45. The Hall–Kier alpha value is -3.80. The van der Waals surface area contributed by atoms with E-state index >= 15 is 0 Å². The summed E-state index contributed by atoms with van der Waals surface area (Å²) in [5.74, 6) is -0.402. The molecule has 0 spiro atoms. The average Bonchev–Trinajstić information content (AvgIpc) is 3.03. The molecule has 1 aliphatic rings. The Morgan fingerprint density at radius 1 is 1.03 bits per heavy atom. The molecule has 0 aliphatic carbocycles. The molecule has 2 aromatic carbocycles. The third kappa shape index (κ3) is 3.98. The third-order valence-electron chi connectivity index (χ3n) is 4.79. The van der Waals surface area contributed by atoms with Gasteiger partial charge in [-0.1, -0.05) is 30.9 Å². The fourth-order valence-electron chi connectivity index (χ4n) is 3.36. The summed E-state index contributed by atoms with van der Waals surface area (Å²) in [5, 5.41) is 11.0. The van der Waals surface area contributed by atoms with Gasteiger partial charge in [0.05, 0.1) is 18.7 Å². The Balaban J connectivity index is 2.07. The maximum Gasteiger partial charge on any atom is 0.295 e. The molecule has 1 amide bonds. The number of nitrogens with zero attached hydrogens (tertiary/aromatic N) is 1. The summed E-state index contributed by atoms with van der Waals surface area (Å²) < 4.78 is 10.6. The number of carbonyl (C=O) groups excluding carboxylic acids is 2. The van der Waals surface area contributed by atoms with Gasteiger partial charge in [-0.25, -0.2) is 0 Å². The summed E-state index contributed by atoms with van der Waals surface area (Å²) in [7, 11) is 1.56. The van der Waals surface area contributed by atoms with E-state index in [0.717, 1.165) is 0 Å². The second-order valence-electron chi connectivity index (χ2n) is 6.64. The fraction of sp³-hybridized carbons (Fsp3) is 0.167. The van der Waals surface area contributed by atoms with Crippen LogP contribution in [0.4, 0.5) is 0 Å². The average molecular weight is 405 g/mol. The summed E-state index contributed by atoms with van der Waals surface area (Å²) in [6.07, 6.45) is 3.18. The van der Waals surface area contributed by atoms with Gasteiger partial charge in [-0.15, -0.1) is 6.58 Å². The fourth-order valence-corrected chi connectivity index (χ4v) is 3.36. The first-order valence-corrected chi connectivity index (χ1v) is 9.39. The molecule has 1 unspecified atom stereocenters. The topological polar surface area (TPSA) is 76.1 Å². The predicted octanol–water partition coefficient (Wildman–Crippen LogP) is 3.87. The van der Waals surface area contributed by atoms with E-state index in [2.05, 4.69) is 13.2 Å². The van der Waals surface area contributed by atoms with Crippen LogP contribution in [0.1, 0.15) is 17.2 Å². The van der Waals surface area contributed by atoms with E-state index < -0.39 is 17.7 Å². The molecule has 1 N–H and O–H groups in total. The van der Waals surface area contributed by atoms with Gasteiger partial charge in [-0.2, -0.15) is 0 Å². The van der Waals surface area contributed by atoms with Crippen molar-refractivity contribution < 1.29 is 24.2 Å². The first-order valence-electron chi connectivity index (χ1n) is 9.39. The number of methoxy groups -OCH3 is 1. The molecule has 1 saturated heterocycles. The minimum atomic E-state index is -0.734. The second-order valence-corrected chi connectivity index (χ2v) is 6.64. The number of ketones is 1. The number of likely N-dealkylation sites (tertiary alicyclic amines) is 1. The van der Waals surface area contributed by atoms with Gasteiger partial charge in [0.1, 0.15) is 23.9 Å². The van der Waals surface area contributed by atoms with Crippen LogP contribution < -0.4 is 9.47 Å². The van der Waals surface area contributed by atoms with E-state index in [-0.39, 0.29) is 17.9 Å². The van der Waals surface area contributed by atoms with Crippen molar-refractivity contribution in [3.05, 3.63) is 90.5 Å². The van der Waals surface area contributed by atoms with Gasteiger partial charge in [-0.05, 0) is 42.0 Å². The van der Waals surface area contributed by atoms with E-state index in [1.807, 2.05) is 0 Å². The Morgan fingerprint density at radius 2 is 1.67 bits per heavy atom. The van der Waals surface area contributed by atoms with Crippen molar-refractivity contribution in [2.75, 3.05) is 20.3 Å². The van der Waals surface area contributed by atoms with Crippen molar-refractivity contribution in [3.63, 3.8) is 0 Å². The molecule has 154 valence electrons. The van der Waals surface area contributed by atoms with Crippen LogP contribution in [0.25, 0.3) is 5.76 Å². The number of rotatable bonds is 8. The normalized spacial score (nSPS) is 17.6. The largest absolute Gasteiger partial charge is 0.507 e. The zero-order valence-electron chi connectivity index (χ0n) is 16.7. The summed E-state index contributed by atoms with van der Waals surface area (Å²) in [4.78, 5) is 26.9. The van der Waals surface area contributed by atoms with E-state index in [4.69, 9.17) is 9.47 Å². The number of carbonyl (C=O) groups is 2. The summed E-state index contributed by atoms with van der Waals surface area (Å²) >= 11 is 0. The highest BCUT2D eigenvalue weighted by atomic mass is 16.5. The van der Waals surface area contributed by atoms with E-state index in [1.54, 1.807) is 67.8 Å². The van der Waals surface area contributed by atoms with Crippen LogP contribution in [0.3, 0.4) is 0 Å². The number of aliphatic hydroxyl groups is 1. The van der Waals surface area contributed by atoms with Crippen LogP contribution in [0.15, 0.2) is 79.4 Å². The lowest BCUT2D eigenvalue weighted by molar-refractivity contribution is -0.139. The molecular formula is C24H23NO5. The SMILES string of the molecule is C=CCOc1ccc(/C(O)=C2\C(=O)C(=O)N(CC=C)C2c2ccc(OC)cc2)cc1. The number of Topliss-reactive ketones (excluding diaryl/α,β-unsaturated/α-hetero) is 1. The maximum atomic E-state index is 12.8. The Morgan fingerprint density at radius 3 is 2.23 bits per heavy atom. The molecule has 1 fully saturated rings. The molecule has 30 heavy (non-hydrogen) atoms. The third-order valence-corrected chi connectivity index (χ3v) is 4.79. The van der Waals surface area contributed by atoms with Crippen molar-refractivity contribution in [1.29, 1.82) is 0 Å². The predicted molar refractivity (Wildman–Crippen MR) is 114 cm³/mol. The van der Waals surface area contributed by atoms with Gasteiger partial charge in [0.25, 0.3) is 11.7 Å². The van der Waals surface area contributed by atoms with E-state index in [9.17, 15) is 14.7 Å². The molecule has 6 nitrogen and oxygen atoms in total. The smallest absolute Gasteiger partial charge is 0.295 e. The lowest BCUT2D eigenvalue weighted by Gasteiger charge is -2.24. The van der Waals surface area contributed by atoms with Crippen molar-refractivity contribution >= 4 is 17.4 Å². The Kier molecular flexibility index (Phi) is 6.37. The molecule has 1 atom stereocenters. The van der Waals surface area contributed by atoms with Gasteiger partial charge in [0.15, 0.2) is 0 Å². The zero-order chi connectivity index (χ0) is 21.7. The lowest BCUT2D eigenvalue weighted by Crippen LogP contribution is -2.29. The minimum Gasteiger partial charge on any atom is -0.507 e. The molecule has 0 aromatic heterocycles. The maximum absolute atomic E-state index is 12.8. The molecule has 0 bridgehead atoms. The summed E-state index contributed by atoms with van der Waals surface area (Å²) in [6.45, 7) is 7.80. The summed E-state index contributed by atoms with van der Waals surface area (Å²) in [6, 6.07) is 12.9. The van der Waals surface area contributed by atoms with Crippen molar-refractivity contribution in [3.8, 4) is 11.5 Å². The van der Waals surface area contributed by atoms with Crippen LogP contribution in [0.2, 0.25) is 0 Å². The Labute approximate surface area is 175 Å². The summed E-state index contributed by atoms with van der Waals surface area (Å²) in [5.41, 5.74) is 1.13. The van der Waals surface area contributed by atoms with Crippen LogP contribution in [-0.4, -0.2) is 42.0 Å². The van der Waals surface area contributed by atoms with Gasteiger partial charge < -0.3 is 19.5 Å². The first kappa shape index (κ1) is 20.9. The van der Waals surface area contributed by atoms with Gasteiger partial charge in [0, 0.05) is 12.1 Å². The number of amides is 1. The van der Waals surface area contributed by atoms with Crippen LogP contribution in [-0.2, 0) is 9.59 Å². The highest BCUT2D eigenvalue weighted by molar-refractivity contribution is 6.46. The number of ether oxygens (including phenoxy) is 2. The van der Waals surface area contributed by atoms with Gasteiger partial charge in [-0.3, -0.25) is 9.59 Å². The molecule has 1 heterocycles. The second kappa shape index (κ2) is 9.13. The molecule has 3 rings (SSSR count). The van der Waals surface area contributed by atoms with Crippen molar-refractivity contribution in [1.82, 2.24) is 4.90 Å². The molecular weight excluding hydrogens is 382 g/mol. The standard InChI is InChI=1S/C24H23NO5/c1-4-14-25-21(16-6-10-18(29-3)11-7-16)20(23(27)24(25)28)22(26)17-8-12-19(13-9-17)30-15-5-2/h4-13,21,26H,1-2,14-15H2,3H3/b22-20+. The lowest BCUT2D eigenvalue weighted by atomic mass is 9.95. The van der Waals surface area contributed by atoms with Crippen LogP contribution in [0.5, 0.6) is 11.5 Å². The van der Waals surface area contributed by atoms with Crippen molar-refractivity contribution in [2.45, 2.75) is 6.04 Å². The quantitative estimate of drug-likeness (QED) is 0.312. The number of benzene rings is 2. The Bertz CT molecular complexity index is 989. The molecule has 1 aliphatic heterocycles. The van der Waals surface area contributed by atoms with Gasteiger partial charge in [0.2, 0.25) is 0 Å². The molecule has 6 heteroatoms. The van der Waals surface area contributed by atoms with Crippen molar-refractivity contribution in [2.24, 2.45) is 0 Å². The van der Waals surface area contributed by atoms with Crippen LogP contribution in [0, 0.1) is 0 Å². The molecule has 2 aromatic rings. The molecule has 0 saturated carbocycles. The zero-order valence-corrected chi connectivity index (χ0v) is 16.7. The van der Waals surface area contributed by atoms with Crippen LogP contribution >= 0.6 is 0 Å². The monoisotopic (exact) mass is 405 g/mol. The van der Waals surface area contributed by atoms with E-state index in [1.165, 1.54) is 4.90 Å². The highest BCUT2D eigenvalue weighted by Crippen LogP contribution is 2.39. The van der Waals surface area contributed by atoms with E-state index in [0.29, 0.717) is 29.2 Å². The number of hydrogen-bond donors (Lipinski definition) is 1. The molecule has 0 radical (unpaired) electrons. The van der Waals surface area contributed by atoms with Gasteiger partial charge >= 0.3 is 0 Å². The number of aliphatic hydroxyl groups excluding tert-OH is 1. The first-order chi connectivity index (χ1) is 14.5. The number of hydrogen-bond acceptors (Lipinski definition) is 5.